The maximum absolute atomic E-state index is 13.1. The number of aliphatic hydroxyl groups is 1. The van der Waals surface area contributed by atoms with Crippen LogP contribution in [0, 0.1) is 23.7 Å². The molecule has 2 rings (SSSR count). The molecule has 39 heavy (non-hydrogen) atoms. The Morgan fingerprint density at radius 3 is 2.49 bits per heavy atom. The third-order valence-electron chi connectivity index (χ3n) is 7.73. The first-order chi connectivity index (χ1) is 18.6. The molecule has 0 spiro atoms. The van der Waals surface area contributed by atoms with Crippen LogP contribution in [0.25, 0.3) is 0 Å². The summed E-state index contributed by atoms with van der Waals surface area (Å²) >= 11 is 0. The predicted octanol–water partition coefficient (Wildman–Crippen LogP) is 3.06. The van der Waals surface area contributed by atoms with Gasteiger partial charge in [0, 0.05) is 38.6 Å². The Labute approximate surface area is 234 Å². The average Bonchev–Trinajstić information content (AvgIpc) is 2.90. The number of nitrogens with two attached hydrogens (primary N) is 1. The lowest BCUT2D eigenvalue weighted by Gasteiger charge is -2.31. The molecule has 1 saturated heterocycles. The molecule has 1 aliphatic rings. The number of rotatable bonds is 17. The fourth-order valence-electron chi connectivity index (χ4n) is 5.05. The van der Waals surface area contributed by atoms with Crippen molar-refractivity contribution in [1.82, 2.24) is 10.6 Å². The van der Waals surface area contributed by atoms with Crippen molar-refractivity contribution >= 4 is 11.8 Å². The van der Waals surface area contributed by atoms with Gasteiger partial charge in [0.25, 0.3) is 0 Å². The van der Waals surface area contributed by atoms with Crippen LogP contribution in [0.5, 0.6) is 11.5 Å². The van der Waals surface area contributed by atoms with Crippen LogP contribution in [0.1, 0.15) is 65.4 Å². The number of benzene rings is 1. The molecule has 5 atom stereocenters. The molecule has 1 heterocycles. The summed E-state index contributed by atoms with van der Waals surface area (Å²) < 4.78 is 16.5. The number of carbonyl (C=O) groups excluding carboxylic acids is 2. The van der Waals surface area contributed by atoms with E-state index in [0.29, 0.717) is 50.0 Å². The van der Waals surface area contributed by atoms with Crippen molar-refractivity contribution in [2.24, 2.45) is 29.4 Å². The van der Waals surface area contributed by atoms with Crippen molar-refractivity contribution < 1.29 is 28.9 Å². The highest BCUT2D eigenvalue weighted by molar-refractivity contribution is 5.89. The molecule has 0 radical (unpaired) electrons. The van der Waals surface area contributed by atoms with Crippen LogP contribution < -0.4 is 25.8 Å². The van der Waals surface area contributed by atoms with Gasteiger partial charge in [-0.25, -0.2) is 0 Å². The summed E-state index contributed by atoms with van der Waals surface area (Å²) in [6, 6.07) is 4.99. The number of hydrogen-bond acceptors (Lipinski definition) is 7. The van der Waals surface area contributed by atoms with Gasteiger partial charge in [-0.05, 0) is 67.6 Å². The van der Waals surface area contributed by atoms with Crippen LogP contribution in [0.3, 0.4) is 0 Å². The zero-order valence-electron chi connectivity index (χ0n) is 24.7. The monoisotopic (exact) mass is 549 g/mol. The molecule has 0 unspecified atom stereocenters. The van der Waals surface area contributed by atoms with E-state index < -0.39 is 24.1 Å². The van der Waals surface area contributed by atoms with Gasteiger partial charge in [-0.15, -0.1) is 0 Å². The molecule has 1 aromatic carbocycles. The summed E-state index contributed by atoms with van der Waals surface area (Å²) in [4.78, 5) is 25.2. The zero-order valence-corrected chi connectivity index (χ0v) is 24.7. The molecule has 9 nitrogen and oxygen atoms in total. The minimum Gasteiger partial charge on any atom is -0.493 e. The molecule has 222 valence electrons. The number of ether oxygens (including phenoxy) is 3. The van der Waals surface area contributed by atoms with E-state index in [1.54, 1.807) is 14.2 Å². The number of amides is 2. The Morgan fingerprint density at radius 1 is 1.13 bits per heavy atom. The second-order valence-corrected chi connectivity index (χ2v) is 11.4. The number of piperidine rings is 1. The van der Waals surface area contributed by atoms with E-state index in [-0.39, 0.29) is 30.1 Å². The van der Waals surface area contributed by atoms with Crippen LogP contribution in [0.4, 0.5) is 0 Å². The van der Waals surface area contributed by atoms with Gasteiger partial charge in [0.05, 0.1) is 19.8 Å². The third kappa shape index (κ3) is 10.6. The molecule has 0 bridgehead atoms. The Hall–Kier alpha value is -2.36. The van der Waals surface area contributed by atoms with Crippen LogP contribution in [-0.4, -0.2) is 69.1 Å². The summed E-state index contributed by atoms with van der Waals surface area (Å²) in [5.74, 6) is 1.18. The van der Waals surface area contributed by atoms with Crippen molar-refractivity contribution in [3.05, 3.63) is 23.8 Å². The smallest absolute Gasteiger partial charge is 0.242 e. The normalized spacial score (nSPS) is 18.8. The number of hydrogen-bond donors (Lipinski definition) is 4. The van der Waals surface area contributed by atoms with Gasteiger partial charge in [0.2, 0.25) is 11.8 Å². The van der Waals surface area contributed by atoms with Crippen LogP contribution in [0.2, 0.25) is 0 Å². The number of aliphatic hydroxyl groups excluding tert-OH is 1. The van der Waals surface area contributed by atoms with Gasteiger partial charge in [0.1, 0.15) is 6.04 Å². The molecule has 5 N–H and O–H groups in total. The Morgan fingerprint density at radius 2 is 1.87 bits per heavy atom. The zero-order chi connectivity index (χ0) is 28.9. The van der Waals surface area contributed by atoms with Gasteiger partial charge in [-0.1, -0.05) is 33.8 Å². The lowest BCUT2D eigenvalue weighted by molar-refractivity contribution is -0.133. The maximum Gasteiger partial charge on any atom is 0.242 e. The van der Waals surface area contributed by atoms with Gasteiger partial charge in [0.15, 0.2) is 11.5 Å². The lowest BCUT2D eigenvalue weighted by Crippen LogP contribution is -2.52. The highest BCUT2D eigenvalue weighted by Gasteiger charge is 2.32. The molecule has 1 aliphatic heterocycles. The summed E-state index contributed by atoms with van der Waals surface area (Å²) in [6.07, 6.45) is 3.07. The van der Waals surface area contributed by atoms with E-state index in [1.165, 1.54) is 0 Å². The van der Waals surface area contributed by atoms with Crippen LogP contribution >= 0.6 is 0 Å². The van der Waals surface area contributed by atoms with Crippen LogP contribution in [0.15, 0.2) is 18.2 Å². The fraction of sp³-hybridized carbons (Fsp3) is 0.733. The first-order valence-corrected chi connectivity index (χ1v) is 14.4. The summed E-state index contributed by atoms with van der Waals surface area (Å²) in [5, 5.41) is 16.8. The van der Waals surface area contributed by atoms with Gasteiger partial charge >= 0.3 is 0 Å². The van der Waals surface area contributed by atoms with E-state index in [2.05, 4.69) is 24.5 Å². The van der Waals surface area contributed by atoms with Crippen molar-refractivity contribution in [1.29, 1.82) is 0 Å². The molecule has 0 saturated carbocycles. The minimum atomic E-state index is -0.833. The third-order valence-corrected chi connectivity index (χ3v) is 7.73. The molecular formula is C30H51N3O6. The molecule has 9 heteroatoms. The first kappa shape index (κ1) is 32.8. The van der Waals surface area contributed by atoms with E-state index in [4.69, 9.17) is 19.9 Å². The van der Waals surface area contributed by atoms with E-state index in [9.17, 15) is 14.7 Å². The molecule has 2 amide bonds. The second-order valence-electron chi connectivity index (χ2n) is 11.4. The number of carbonyl (C=O) groups is 2. The topological polar surface area (TPSA) is 132 Å². The molecule has 1 fully saturated rings. The Kier molecular flexibility index (Phi) is 14.0. The summed E-state index contributed by atoms with van der Waals surface area (Å²) in [5.41, 5.74) is 7.65. The average molecular weight is 550 g/mol. The Bertz CT molecular complexity index is 893. The van der Waals surface area contributed by atoms with E-state index in [0.717, 1.165) is 24.8 Å². The SMILES string of the molecule is COCCCOc1cc(C[C@@H](C[C@H](N)[C@@H](O)C[C@H](C(=O)N[C@@H]2CCCNC2=O)C(C)C)C(C)C)ccc1OC. The second kappa shape index (κ2) is 16.7. The van der Waals surface area contributed by atoms with Crippen molar-refractivity contribution in [3.63, 3.8) is 0 Å². The van der Waals surface area contributed by atoms with E-state index >= 15 is 0 Å². The largest absolute Gasteiger partial charge is 0.493 e. The molecular weight excluding hydrogens is 498 g/mol. The van der Waals surface area contributed by atoms with Crippen molar-refractivity contribution in [3.8, 4) is 11.5 Å². The summed E-state index contributed by atoms with van der Waals surface area (Å²) in [7, 11) is 3.30. The highest BCUT2D eigenvalue weighted by atomic mass is 16.5. The predicted molar refractivity (Wildman–Crippen MR) is 153 cm³/mol. The van der Waals surface area contributed by atoms with Gasteiger partial charge in [-0.3, -0.25) is 9.59 Å². The van der Waals surface area contributed by atoms with Crippen LogP contribution in [-0.2, 0) is 20.7 Å². The fourth-order valence-corrected chi connectivity index (χ4v) is 5.05. The molecule has 0 aliphatic carbocycles. The van der Waals surface area contributed by atoms with Gasteiger partial charge < -0.3 is 35.7 Å². The first-order valence-electron chi connectivity index (χ1n) is 14.4. The standard InChI is InChI=1S/C30H51N3O6/c1-19(2)22(15-21-10-11-27(38-6)28(16-21)39-14-8-13-37-5)17-24(31)26(34)18-23(20(3)4)29(35)33-25-9-7-12-32-30(25)36/h10-11,16,19-20,22-26,34H,7-9,12-15,17-18,31H2,1-6H3,(H,32,36)(H,33,35)/t22-,23-,24-,25+,26-/m0/s1. The lowest BCUT2D eigenvalue weighted by atomic mass is 9.80. The van der Waals surface area contributed by atoms with Gasteiger partial charge in [-0.2, -0.15) is 0 Å². The quantitative estimate of drug-likeness (QED) is 0.220. The minimum absolute atomic E-state index is 0.000932. The number of nitrogens with one attached hydrogen (secondary N) is 2. The maximum atomic E-state index is 13.1. The van der Waals surface area contributed by atoms with Crippen molar-refractivity contribution in [2.75, 3.05) is 34.0 Å². The summed E-state index contributed by atoms with van der Waals surface area (Å²) in [6.45, 7) is 10.0. The number of methoxy groups -OCH3 is 2. The highest BCUT2D eigenvalue weighted by Crippen LogP contribution is 2.32. The van der Waals surface area contributed by atoms with Crippen molar-refractivity contribution in [2.45, 2.75) is 84.4 Å². The Balaban J connectivity index is 2.02. The molecule has 0 aromatic heterocycles. The molecule has 1 aromatic rings. The van der Waals surface area contributed by atoms with E-state index in [1.807, 2.05) is 32.0 Å².